The van der Waals surface area contributed by atoms with Crippen LogP contribution in [0.15, 0.2) is 36.7 Å². The summed E-state index contributed by atoms with van der Waals surface area (Å²) in [6, 6.07) is 6.87. The van der Waals surface area contributed by atoms with Crippen LogP contribution < -0.4 is 4.74 Å². The zero-order valence-electron chi connectivity index (χ0n) is 9.33. The number of benzene rings is 1. The Morgan fingerprint density at radius 3 is 2.94 bits per heavy atom. The number of ether oxygens (including phenoxy) is 1. The van der Waals surface area contributed by atoms with Gasteiger partial charge >= 0.3 is 12.0 Å². The van der Waals surface area contributed by atoms with Gasteiger partial charge in [-0.25, -0.2) is 9.78 Å². The molecule has 0 amide bonds. The first-order chi connectivity index (χ1) is 8.22. The second-order valence-corrected chi connectivity index (χ2v) is 3.40. The van der Waals surface area contributed by atoms with Crippen molar-refractivity contribution < 1.29 is 14.6 Å². The zero-order valence-corrected chi connectivity index (χ0v) is 9.33. The normalized spacial score (nSPS) is 10.2. The van der Waals surface area contributed by atoms with Gasteiger partial charge < -0.3 is 14.4 Å². The quantitative estimate of drug-likeness (QED) is 0.879. The molecule has 0 saturated carbocycles. The monoisotopic (exact) mass is 232 g/mol. The van der Waals surface area contributed by atoms with E-state index in [9.17, 15) is 4.79 Å². The van der Waals surface area contributed by atoms with E-state index < -0.39 is 5.97 Å². The molecule has 0 aliphatic rings. The Kier molecular flexibility index (Phi) is 3.09. The van der Waals surface area contributed by atoms with Gasteiger partial charge in [-0.15, -0.1) is 0 Å². The van der Waals surface area contributed by atoms with Crippen LogP contribution in [0.3, 0.4) is 0 Å². The Morgan fingerprint density at radius 1 is 1.47 bits per heavy atom. The van der Waals surface area contributed by atoms with E-state index >= 15 is 0 Å². The fraction of sp³-hybridized carbons (Fsp3) is 0.167. The topological polar surface area (TPSA) is 64.4 Å². The van der Waals surface area contributed by atoms with Crippen molar-refractivity contribution in [1.82, 2.24) is 9.55 Å². The first-order valence-electron chi connectivity index (χ1n) is 5.23. The number of nitrogens with zero attached hydrogens (tertiary/aromatic N) is 2. The van der Waals surface area contributed by atoms with Crippen molar-refractivity contribution in [3.05, 3.63) is 42.2 Å². The summed E-state index contributed by atoms with van der Waals surface area (Å²) < 4.78 is 7.29. The first-order valence-corrected chi connectivity index (χ1v) is 5.23. The highest BCUT2D eigenvalue weighted by atomic mass is 16.5. The minimum absolute atomic E-state index is 0.123. The third kappa shape index (κ3) is 2.28. The summed E-state index contributed by atoms with van der Waals surface area (Å²) in [4.78, 5) is 15.0. The maximum atomic E-state index is 11.0. The van der Waals surface area contributed by atoms with Gasteiger partial charge in [0.2, 0.25) is 0 Å². The summed E-state index contributed by atoms with van der Waals surface area (Å²) in [5.74, 6) is -0.726. The molecule has 88 valence electrons. The van der Waals surface area contributed by atoms with Crippen molar-refractivity contribution in [2.75, 3.05) is 0 Å². The molecule has 17 heavy (non-hydrogen) atoms. The van der Waals surface area contributed by atoms with E-state index in [1.807, 2.05) is 6.92 Å². The number of rotatable bonds is 4. The second-order valence-electron chi connectivity index (χ2n) is 3.40. The Hall–Kier alpha value is -2.30. The van der Waals surface area contributed by atoms with Crippen molar-refractivity contribution in [1.29, 1.82) is 0 Å². The lowest BCUT2D eigenvalue weighted by atomic mass is 10.2. The van der Waals surface area contributed by atoms with E-state index in [0.717, 1.165) is 0 Å². The number of para-hydroxylation sites is 1. The third-order valence-electron chi connectivity index (χ3n) is 2.34. The molecular weight excluding hydrogens is 220 g/mol. The molecule has 1 aromatic heterocycles. The minimum atomic E-state index is -1.02. The molecule has 1 aromatic carbocycles. The van der Waals surface area contributed by atoms with Gasteiger partial charge in [-0.2, -0.15) is 0 Å². The van der Waals surface area contributed by atoms with E-state index in [4.69, 9.17) is 9.84 Å². The molecule has 0 atom stereocenters. The van der Waals surface area contributed by atoms with Gasteiger partial charge in [0.1, 0.15) is 11.3 Å². The fourth-order valence-electron chi connectivity index (χ4n) is 1.47. The van der Waals surface area contributed by atoms with Crippen LogP contribution in [0.2, 0.25) is 0 Å². The van der Waals surface area contributed by atoms with Crippen LogP contribution in [-0.4, -0.2) is 20.6 Å². The summed E-state index contributed by atoms with van der Waals surface area (Å²) in [7, 11) is 0. The predicted molar refractivity (Wildman–Crippen MR) is 61.4 cm³/mol. The molecule has 0 aliphatic heterocycles. The fourth-order valence-corrected chi connectivity index (χ4v) is 1.47. The Labute approximate surface area is 98.3 Å². The first kappa shape index (κ1) is 11.2. The van der Waals surface area contributed by atoms with Gasteiger partial charge in [0.15, 0.2) is 0 Å². The van der Waals surface area contributed by atoms with Crippen molar-refractivity contribution in [3.63, 3.8) is 0 Å². The molecule has 2 aromatic rings. The molecular formula is C12H12N2O3. The molecule has 0 aliphatic carbocycles. The number of carboxylic acids is 1. The molecule has 0 radical (unpaired) electrons. The standard InChI is InChI=1S/C12H12N2O3/c1-2-14-8-7-13-12(14)17-10-6-4-3-5-9(10)11(15)16/h3-8H,2H2,1H3,(H,15,16). The highest BCUT2D eigenvalue weighted by Gasteiger charge is 2.12. The summed E-state index contributed by atoms with van der Waals surface area (Å²) in [6.07, 6.45) is 3.39. The van der Waals surface area contributed by atoms with Crippen LogP contribution in [0.5, 0.6) is 11.8 Å². The van der Waals surface area contributed by atoms with E-state index in [0.29, 0.717) is 18.3 Å². The van der Waals surface area contributed by atoms with Crippen LogP contribution in [0.25, 0.3) is 0 Å². The van der Waals surface area contributed by atoms with Gasteiger partial charge in [-0.1, -0.05) is 12.1 Å². The van der Waals surface area contributed by atoms with Crippen LogP contribution in [-0.2, 0) is 6.54 Å². The number of aromatic carboxylic acids is 1. The van der Waals surface area contributed by atoms with Crippen molar-refractivity contribution in [3.8, 4) is 11.8 Å². The van der Waals surface area contributed by atoms with E-state index in [1.165, 1.54) is 6.07 Å². The van der Waals surface area contributed by atoms with Gasteiger partial charge in [0.25, 0.3) is 0 Å². The number of carbonyl (C=O) groups is 1. The lowest BCUT2D eigenvalue weighted by molar-refractivity contribution is 0.0694. The number of hydrogen-bond acceptors (Lipinski definition) is 3. The highest BCUT2D eigenvalue weighted by Crippen LogP contribution is 2.23. The summed E-state index contributed by atoms with van der Waals surface area (Å²) in [5.41, 5.74) is 0.123. The smallest absolute Gasteiger partial charge is 0.339 e. The number of carboxylic acid groups (broad SMARTS) is 1. The Balaban J connectivity index is 2.33. The van der Waals surface area contributed by atoms with Crippen molar-refractivity contribution >= 4 is 5.97 Å². The van der Waals surface area contributed by atoms with Crippen LogP contribution in [0.1, 0.15) is 17.3 Å². The number of aromatic nitrogens is 2. The van der Waals surface area contributed by atoms with Gasteiger partial charge in [0, 0.05) is 18.9 Å². The maximum absolute atomic E-state index is 11.0. The molecule has 5 heteroatoms. The molecule has 2 rings (SSSR count). The third-order valence-corrected chi connectivity index (χ3v) is 2.34. The molecule has 1 N–H and O–H groups in total. The number of hydrogen-bond donors (Lipinski definition) is 1. The minimum Gasteiger partial charge on any atom is -0.478 e. The van der Waals surface area contributed by atoms with Gasteiger partial charge in [-0.3, -0.25) is 0 Å². The number of aryl methyl sites for hydroxylation is 1. The van der Waals surface area contributed by atoms with E-state index in [-0.39, 0.29) is 5.56 Å². The lowest BCUT2D eigenvalue weighted by Gasteiger charge is -2.08. The highest BCUT2D eigenvalue weighted by molar-refractivity contribution is 5.90. The average Bonchev–Trinajstić information content (AvgIpc) is 2.77. The van der Waals surface area contributed by atoms with Crippen LogP contribution >= 0.6 is 0 Å². The number of imidazole rings is 1. The molecule has 0 bridgehead atoms. The largest absolute Gasteiger partial charge is 0.478 e. The van der Waals surface area contributed by atoms with Gasteiger partial charge in [-0.05, 0) is 19.1 Å². The summed E-state index contributed by atoms with van der Waals surface area (Å²) in [6.45, 7) is 2.67. The van der Waals surface area contributed by atoms with E-state index in [2.05, 4.69) is 4.98 Å². The maximum Gasteiger partial charge on any atom is 0.339 e. The predicted octanol–water partition coefficient (Wildman–Crippen LogP) is 2.39. The lowest BCUT2D eigenvalue weighted by Crippen LogP contribution is -2.02. The Bertz CT molecular complexity index is 534. The van der Waals surface area contributed by atoms with Crippen LogP contribution in [0.4, 0.5) is 0 Å². The average molecular weight is 232 g/mol. The van der Waals surface area contributed by atoms with Crippen LogP contribution in [0, 0.1) is 0 Å². The summed E-state index contributed by atoms with van der Waals surface area (Å²) >= 11 is 0. The molecule has 5 nitrogen and oxygen atoms in total. The zero-order chi connectivity index (χ0) is 12.3. The van der Waals surface area contributed by atoms with Crippen molar-refractivity contribution in [2.45, 2.75) is 13.5 Å². The van der Waals surface area contributed by atoms with Crippen molar-refractivity contribution in [2.24, 2.45) is 0 Å². The van der Waals surface area contributed by atoms with Gasteiger partial charge in [0.05, 0.1) is 0 Å². The van der Waals surface area contributed by atoms with E-state index in [1.54, 1.807) is 35.2 Å². The molecule has 1 heterocycles. The molecule has 0 fully saturated rings. The molecule has 0 unspecified atom stereocenters. The Morgan fingerprint density at radius 2 is 2.24 bits per heavy atom. The molecule has 0 saturated heterocycles. The SMILES string of the molecule is CCn1ccnc1Oc1ccccc1C(=O)O. The summed E-state index contributed by atoms with van der Waals surface area (Å²) in [5, 5.41) is 9.01. The molecule has 0 spiro atoms. The second kappa shape index (κ2) is 4.69.